The van der Waals surface area contributed by atoms with Gasteiger partial charge in [0.15, 0.2) is 28.6 Å². The summed E-state index contributed by atoms with van der Waals surface area (Å²) in [5.41, 5.74) is 4.10. The fraction of sp³-hybridized carbons (Fsp3) is 0.227. The molecule has 2 aromatic heterocycles. The first-order chi connectivity index (χ1) is 14.7. The Morgan fingerprint density at radius 2 is 1.43 bits per heavy atom. The third-order valence-electron chi connectivity index (χ3n) is 5.27. The van der Waals surface area contributed by atoms with Crippen LogP contribution in [-0.2, 0) is 0 Å². The van der Waals surface area contributed by atoms with Crippen molar-refractivity contribution >= 4 is 11.2 Å². The molecular weight excluding hydrogens is 384 g/mol. The Kier molecular flexibility index (Phi) is 3.61. The van der Waals surface area contributed by atoms with Gasteiger partial charge in [0.1, 0.15) is 23.4 Å². The van der Waals surface area contributed by atoms with Crippen molar-refractivity contribution in [3.8, 4) is 45.6 Å². The van der Waals surface area contributed by atoms with Gasteiger partial charge in [-0.3, -0.25) is 0 Å². The second kappa shape index (κ2) is 6.35. The molecule has 0 amide bonds. The van der Waals surface area contributed by atoms with Gasteiger partial charge in [0, 0.05) is 17.2 Å². The molecule has 2 aliphatic rings. The summed E-state index contributed by atoms with van der Waals surface area (Å²) in [5.74, 6) is 3.71. The number of hydrogen-bond donors (Lipinski definition) is 0. The minimum absolute atomic E-state index is 0.148. The molecule has 0 spiro atoms. The number of benzene rings is 2. The summed E-state index contributed by atoms with van der Waals surface area (Å²) in [7, 11) is 0. The maximum atomic E-state index is 5.56. The van der Waals surface area contributed by atoms with Gasteiger partial charge in [-0.2, -0.15) is 0 Å². The van der Waals surface area contributed by atoms with E-state index < -0.39 is 0 Å². The van der Waals surface area contributed by atoms with E-state index in [0.29, 0.717) is 5.75 Å². The minimum atomic E-state index is 0.148. The molecule has 6 rings (SSSR count). The smallest absolute Gasteiger partial charge is 0.231 e. The fourth-order valence-electron chi connectivity index (χ4n) is 3.89. The lowest BCUT2D eigenvalue weighted by molar-refractivity contribution is 0.173. The molecule has 4 aromatic rings. The van der Waals surface area contributed by atoms with Crippen LogP contribution in [0.5, 0.6) is 23.0 Å². The standard InChI is InChI=1S/C22H18N4O4/c1-12(2)26-21(14-4-6-16-18(8-14)30-11-28-16)25-20-19(23-9-24-22(20)26)13-3-5-15-17(7-13)29-10-27-15/h3-9,12H,10-11H2,1-2H3. The zero-order valence-electron chi connectivity index (χ0n) is 16.5. The van der Waals surface area contributed by atoms with Crippen LogP contribution in [0, 0.1) is 0 Å². The molecule has 150 valence electrons. The Morgan fingerprint density at radius 1 is 0.800 bits per heavy atom. The first kappa shape index (κ1) is 17.1. The number of hydrogen-bond acceptors (Lipinski definition) is 7. The van der Waals surface area contributed by atoms with Gasteiger partial charge >= 0.3 is 0 Å². The summed E-state index contributed by atoms with van der Waals surface area (Å²) in [6, 6.07) is 11.8. The summed E-state index contributed by atoms with van der Waals surface area (Å²) in [5, 5.41) is 0. The first-order valence-corrected chi connectivity index (χ1v) is 9.72. The molecule has 0 N–H and O–H groups in total. The molecule has 0 aliphatic carbocycles. The number of ether oxygens (including phenoxy) is 4. The van der Waals surface area contributed by atoms with E-state index in [2.05, 4.69) is 28.4 Å². The van der Waals surface area contributed by atoms with E-state index in [1.807, 2.05) is 36.4 Å². The van der Waals surface area contributed by atoms with Crippen molar-refractivity contribution < 1.29 is 18.9 Å². The Bertz CT molecular complexity index is 1300. The molecule has 0 atom stereocenters. The molecule has 2 aromatic carbocycles. The SMILES string of the molecule is CC(C)n1c(-c2ccc3c(c2)OCO3)nc2c(-c3ccc4c(c3)OCO4)ncnc21. The summed E-state index contributed by atoms with van der Waals surface area (Å²) in [6.07, 6.45) is 1.58. The molecule has 0 fully saturated rings. The molecule has 4 heterocycles. The molecule has 30 heavy (non-hydrogen) atoms. The molecule has 8 heteroatoms. The quantitative estimate of drug-likeness (QED) is 0.508. The maximum absolute atomic E-state index is 5.56. The van der Waals surface area contributed by atoms with Gasteiger partial charge in [0.25, 0.3) is 0 Å². The van der Waals surface area contributed by atoms with Gasteiger partial charge in [0.05, 0.1) is 0 Å². The summed E-state index contributed by atoms with van der Waals surface area (Å²) >= 11 is 0. The van der Waals surface area contributed by atoms with Crippen molar-refractivity contribution in [1.82, 2.24) is 19.5 Å². The van der Waals surface area contributed by atoms with Crippen LogP contribution in [0.15, 0.2) is 42.7 Å². The Hall–Kier alpha value is -3.81. The van der Waals surface area contributed by atoms with E-state index in [9.17, 15) is 0 Å². The number of aromatic nitrogens is 4. The van der Waals surface area contributed by atoms with Gasteiger partial charge in [-0.05, 0) is 50.2 Å². The van der Waals surface area contributed by atoms with Crippen LogP contribution in [0.4, 0.5) is 0 Å². The van der Waals surface area contributed by atoms with E-state index in [-0.39, 0.29) is 19.6 Å². The van der Waals surface area contributed by atoms with Crippen LogP contribution in [0.1, 0.15) is 19.9 Å². The fourth-order valence-corrected chi connectivity index (χ4v) is 3.89. The average Bonchev–Trinajstić information content (AvgIpc) is 3.49. The lowest BCUT2D eigenvalue weighted by Crippen LogP contribution is -2.04. The highest BCUT2D eigenvalue weighted by Gasteiger charge is 2.23. The maximum Gasteiger partial charge on any atom is 0.231 e. The third kappa shape index (κ3) is 2.50. The molecule has 2 aliphatic heterocycles. The average molecular weight is 402 g/mol. The Labute approximate surface area is 172 Å². The second-order valence-corrected chi connectivity index (χ2v) is 7.43. The van der Waals surface area contributed by atoms with Crippen molar-refractivity contribution in [2.75, 3.05) is 13.6 Å². The van der Waals surface area contributed by atoms with Crippen molar-refractivity contribution in [2.24, 2.45) is 0 Å². The summed E-state index contributed by atoms with van der Waals surface area (Å²) in [6.45, 7) is 4.69. The predicted molar refractivity (Wildman–Crippen MR) is 109 cm³/mol. The first-order valence-electron chi connectivity index (χ1n) is 9.72. The van der Waals surface area contributed by atoms with Gasteiger partial charge in [0.2, 0.25) is 13.6 Å². The lowest BCUT2D eigenvalue weighted by atomic mass is 10.1. The van der Waals surface area contributed by atoms with Crippen LogP contribution in [0.2, 0.25) is 0 Å². The Balaban J connectivity index is 1.56. The van der Waals surface area contributed by atoms with Gasteiger partial charge in [-0.15, -0.1) is 0 Å². The minimum Gasteiger partial charge on any atom is -0.454 e. The van der Waals surface area contributed by atoms with Crippen molar-refractivity contribution in [3.05, 3.63) is 42.7 Å². The summed E-state index contributed by atoms with van der Waals surface area (Å²) < 4.78 is 24.1. The van der Waals surface area contributed by atoms with Crippen LogP contribution in [0.25, 0.3) is 33.8 Å². The molecule has 0 radical (unpaired) electrons. The van der Waals surface area contributed by atoms with E-state index >= 15 is 0 Å². The number of nitrogens with zero attached hydrogens (tertiary/aromatic N) is 4. The summed E-state index contributed by atoms with van der Waals surface area (Å²) in [4.78, 5) is 14.1. The van der Waals surface area contributed by atoms with E-state index in [0.717, 1.165) is 51.1 Å². The zero-order valence-corrected chi connectivity index (χ0v) is 16.5. The van der Waals surface area contributed by atoms with Crippen molar-refractivity contribution in [3.63, 3.8) is 0 Å². The van der Waals surface area contributed by atoms with Gasteiger partial charge in [-0.25, -0.2) is 15.0 Å². The van der Waals surface area contributed by atoms with Gasteiger partial charge in [-0.1, -0.05) is 0 Å². The van der Waals surface area contributed by atoms with Crippen LogP contribution in [0.3, 0.4) is 0 Å². The molecule has 0 saturated carbocycles. The lowest BCUT2D eigenvalue weighted by Gasteiger charge is -2.12. The van der Waals surface area contributed by atoms with Crippen LogP contribution < -0.4 is 18.9 Å². The monoisotopic (exact) mass is 402 g/mol. The second-order valence-electron chi connectivity index (χ2n) is 7.43. The van der Waals surface area contributed by atoms with E-state index in [1.54, 1.807) is 6.33 Å². The largest absolute Gasteiger partial charge is 0.454 e. The Morgan fingerprint density at radius 3 is 2.13 bits per heavy atom. The predicted octanol–water partition coefficient (Wildman–Crippen LogP) is 4.20. The normalized spacial score (nSPS) is 14.1. The van der Waals surface area contributed by atoms with Crippen molar-refractivity contribution in [1.29, 1.82) is 0 Å². The third-order valence-corrected chi connectivity index (χ3v) is 5.27. The topological polar surface area (TPSA) is 80.5 Å². The van der Waals surface area contributed by atoms with E-state index in [1.165, 1.54) is 0 Å². The highest BCUT2D eigenvalue weighted by molar-refractivity contribution is 5.90. The number of rotatable bonds is 3. The molecule has 0 saturated heterocycles. The molecule has 0 bridgehead atoms. The number of imidazole rings is 1. The highest BCUT2D eigenvalue weighted by atomic mass is 16.7. The molecular formula is C22H18N4O4. The van der Waals surface area contributed by atoms with Crippen molar-refractivity contribution in [2.45, 2.75) is 19.9 Å². The molecule has 0 unspecified atom stereocenters. The highest BCUT2D eigenvalue weighted by Crippen LogP contribution is 2.40. The van der Waals surface area contributed by atoms with E-state index in [4.69, 9.17) is 23.9 Å². The van der Waals surface area contributed by atoms with Crippen LogP contribution >= 0.6 is 0 Å². The zero-order chi connectivity index (χ0) is 20.2. The van der Waals surface area contributed by atoms with Crippen LogP contribution in [-0.4, -0.2) is 33.1 Å². The number of fused-ring (bicyclic) bond motifs is 3. The molecule has 8 nitrogen and oxygen atoms in total. The van der Waals surface area contributed by atoms with Gasteiger partial charge < -0.3 is 23.5 Å².